The van der Waals surface area contributed by atoms with Crippen LogP contribution in [-0.2, 0) is 33.4 Å². The number of aliphatic hydroxyl groups is 1. The highest BCUT2D eigenvalue weighted by molar-refractivity contribution is 5.69. The number of aliphatic hydroxyl groups excluding tert-OH is 1. The van der Waals surface area contributed by atoms with Gasteiger partial charge >= 0.3 is 11.9 Å². The van der Waals surface area contributed by atoms with Crippen LogP contribution in [-0.4, -0.2) is 126 Å². The van der Waals surface area contributed by atoms with Crippen LogP contribution < -0.4 is 10.2 Å². The van der Waals surface area contributed by atoms with Gasteiger partial charge < -0.3 is 48.1 Å². The summed E-state index contributed by atoms with van der Waals surface area (Å²) >= 11 is 0. The zero-order chi connectivity index (χ0) is 28.4. The molecule has 0 amide bonds. The van der Waals surface area contributed by atoms with Gasteiger partial charge in [-0.15, -0.1) is 0 Å². The number of aliphatic carboxylic acids is 2. The topological polar surface area (TPSA) is 162 Å². The lowest BCUT2D eigenvalue weighted by molar-refractivity contribution is -0.873. The highest BCUT2D eigenvalue weighted by Crippen LogP contribution is 2.04. The SMILES string of the molecule is CC(=O)OC(CC(=O)[O-])C[N+](C)(C)C.CCC(O)CC(=O)OC.COC(CC(=O)[O-])C[N+](C)(C)C. The van der Waals surface area contributed by atoms with E-state index in [4.69, 9.17) is 14.6 Å². The van der Waals surface area contributed by atoms with Crippen molar-refractivity contribution in [2.24, 2.45) is 0 Å². The number of ether oxygens (including phenoxy) is 3. The number of methoxy groups -OCH3 is 2. The van der Waals surface area contributed by atoms with Gasteiger partial charge in [-0.05, 0) is 6.42 Å². The maximum absolute atomic E-state index is 10.7. The molecule has 12 nitrogen and oxygen atoms in total. The average Bonchev–Trinajstić information content (AvgIpc) is 2.64. The molecule has 0 aliphatic rings. The summed E-state index contributed by atoms with van der Waals surface area (Å²) in [6.45, 7) is 4.20. The number of esters is 2. The Kier molecular flexibility index (Phi) is 20.2. The first-order valence-electron chi connectivity index (χ1n) is 11.2. The third-order valence-corrected chi connectivity index (χ3v) is 4.06. The summed E-state index contributed by atoms with van der Waals surface area (Å²) in [4.78, 5) is 41.7. The van der Waals surface area contributed by atoms with Crippen LogP contribution in [0.25, 0.3) is 0 Å². The molecule has 0 fully saturated rings. The summed E-state index contributed by atoms with van der Waals surface area (Å²) in [5.74, 6) is -3.09. The summed E-state index contributed by atoms with van der Waals surface area (Å²) in [5, 5.41) is 29.5. The van der Waals surface area contributed by atoms with Crippen molar-refractivity contribution in [3.8, 4) is 0 Å². The number of hydrogen-bond donors (Lipinski definition) is 1. The third kappa shape index (κ3) is 31.7. The van der Waals surface area contributed by atoms with Crippen molar-refractivity contribution in [1.82, 2.24) is 0 Å². The van der Waals surface area contributed by atoms with Gasteiger partial charge in [-0.25, -0.2) is 0 Å². The van der Waals surface area contributed by atoms with Crippen molar-refractivity contribution in [3.63, 3.8) is 0 Å². The van der Waals surface area contributed by atoms with Crippen molar-refractivity contribution in [2.75, 3.05) is 69.6 Å². The van der Waals surface area contributed by atoms with E-state index >= 15 is 0 Å². The number of likely N-dealkylation sites (N-methyl/N-ethyl adjacent to an activating group) is 2. The number of carbonyl (C=O) groups excluding carboxylic acids is 4. The minimum Gasteiger partial charge on any atom is -0.550 e. The van der Waals surface area contributed by atoms with Crippen LogP contribution in [0.2, 0.25) is 0 Å². The second kappa shape index (κ2) is 19.0. The summed E-state index contributed by atoms with van der Waals surface area (Å²) < 4.78 is 15.4. The zero-order valence-corrected chi connectivity index (χ0v) is 23.0. The van der Waals surface area contributed by atoms with Gasteiger partial charge in [0, 0.05) is 38.8 Å². The van der Waals surface area contributed by atoms with E-state index in [0.29, 0.717) is 28.5 Å². The molecule has 0 saturated heterocycles. The van der Waals surface area contributed by atoms with Crippen molar-refractivity contribution in [2.45, 2.75) is 57.8 Å². The van der Waals surface area contributed by atoms with Gasteiger partial charge in [0.2, 0.25) is 0 Å². The van der Waals surface area contributed by atoms with Gasteiger partial charge in [-0.2, -0.15) is 0 Å². The van der Waals surface area contributed by atoms with Crippen LogP contribution in [0.1, 0.15) is 39.5 Å². The Morgan fingerprint density at radius 1 is 0.800 bits per heavy atom. The lowest BCUT2D eigenvalue weighted by Crippen LogP contribution is -2.45. The summed E-state index contributed by atoms with van der Waals surface area (Å²) in [6.07, 6.45) is -1.01. The monoisotopic (exact) mass is 510 g/mol. The molecule has 0 aliphatic heterocycles. The van der Waals surface area contributed by atoms with Gasteiger partial charge in [-0.3, -0.25) is 9.59 Å². The lowest BCUT2D eigenvalue weighted by atomic mass is 10.2. The highest BCUT2D eigenvalue weighted by atomic mass is 16.5. The van der Waals surface area contributed by atoms with Crippen molar-refractivity contribution < 1.29 is 57.7 Å². The van der Waals surface area contributed by atoms with Gasteiger partial charge in [0.1, 0.15) is 19.2 Å². The van der Waals surface area contributed by atoms with Gasteiger partial charge in [0.15, 0.2) is 6.10 Å². The molecule has 208 valence electrons. The fraction of sp³-hybridized carbons (Fsp3) is 0.826. The quantitative estimate of drug-likeness (QED) is 0.215. The number of hydrogen-bond acceptors (Lipinski definition) is 10. The van der Waals surface area contributed by atoms with E-state index in [1.165, 1.54) is 21.1 Å². The summed E-state index contributed by atoms with van der Waals surface area (Å²) in [6, 6.07) is 0. The van der Waals surface area contributed by atoms with E-state index in [1.807, 2.05) is 49.2 Å². The van der Waals surface area contributed by atoms with Gasteiger partial charge in [-0.1, -0.05) is 6.92 Å². The van der Waals surface area contributed by atoms with E-state index in [0.717, 1.165) is 0 Å². The van der Waals surface area contributed by atoms with E-state index in [1.54, 1.807) is 0 Å². The van der Waals surface area contributed by atoms with Crippen LogP contribution in [0.15, 0.2) is 0 Å². The first kappa shape index (κ1) is 37.3. The molecule has 1 N–H and O–H groups in total. The third-order valence-electron chi connectivity index (χ3n) is 4.06. The predicted molar refractivity (Wildman–Crippen MR) is 124 cm³/mol. The Bertz CT molecular complexity index is 611. The van der Waals surface area contributed by atoms with Crippen LogP contribution in [0.4, 0.5) is 0 Å². The number of nitrogens with zero attached hydrogens (tertiary/aromatic N) is 2. The fourth-order valence-corrected chi connectivity index (χ4v) is 2.61. The molecule has 3 atom stereocenters. The average molecular weight is 511 g/mol. The number of carbonyl (C=O) groups is 4. The number of carboxylic acid groups (broad SMARTS) is 2. The van der Waals surface area contributed by atoms with Crippen LogP contribution >= 0.6 is 0 Å². The van der Waals surface area contributed by atoms with Crippen molar-refractivity contribution >= 4 is 23.9 Å². The minimum atomic E-state index is -1.20. The maximum atomic E-state index is 10.7. The highest BCUT2D eigenvalue weighted by Gasteiger charge is 2.21. The Hall–Kier alpha value is -2.28. The molecule has 0 aromatic rings. The molecular weight excluding hydrogens is 464 g/mol. The van der Waals surface area contributed by atoms with E-state index in [2.05, 4.69) is 4.74 Å². The molecular formula is C23H46N2O10. The Labute approximate surface area is 209 Å². The molecule has 3 unspecified atom stereocenters. The molecule has 0 bridgehead atoms. The summed E-state index contributed by atoms with van der Waals surface area (Å²) in [5.41, 5.74) is 0. The fourth-order valence-electron chi connectivity index (χ4n) is 2.61. The standard InChI is InChI=1S/C9H17NO4.C8H17NO3.C6H12O3/c1-7(11)14-8(5-9(12)13)6-10(2,3)4;1-9(2,3)6-7(12-4)5-8(10)11;1-3-5(7)4-6(8)9-2/h8H,5-6H2,1-4H3;7H,5-6H2,1-4H3;5,7H,3-4H2,1-2H3. The molecule has 0 aromatic heterocycles. The van der Waals surface area contributed by atoms with Crippen molar-refractivity contribution in [3.05, 3.63) is 0 Å². The maximum Gasteiger partial charge on any atom is 0.308 e. The Morgan fingerprint density at radius 2 is 1.20 bits per heavy atom. The molecule has 0 saturated carbocycles. The molecule has 12 heteroatoms. The van der Waals surface area contributed by atoms with Crippen molar-refractivity contribution in [1.29, 1.82) is 0 Å². The predicted octanol–water partition coefficient (Wildman–Crippen LogP) is -2.07. The Balaban J connectivity index is -0.000000450. The summed E-state index contributed by atoms with van der Waals surface area (Å²) in [7, 11) is 14.5. The number of rotatable bonds is 13. The number of quaternary nitrogens is 2. The van der Waals surface area contributed by atoms with E-state index in [9.17, 15) is 29.4 Å². The normalized spacial score (nSPS) is 13.6. The second-order valence-electron chi connectivity index (χ2n) is 10.0. The zero-order valence-electron chi connectivity index (χ0n) is 23.0. The molecule has 0 aliphatic carbocycles. The smallest absolute Gasteiger partial charge is 0.308 e. The molecule has 0 heterocycles. The molecule has 35 heavy (non-hydrogen) atoms. The molecule has 0 aromatic carbocycles. The van der Waals surface area contributed by atoms with Gasteiger partial charge in [0.05, 0.1) is 61.9 Å². The Morgan fingerprint density at radius 3 is 1.49 bits per heavy atom. The lowest BCUT2D eigenvalue weighted by Gasteiger charge is -2.28. The first-order valence-corrected chi connectivity index (χ1v) is 11.2. The van der Waals surface area contributed by atoms with Crippen LogP contribution in [0.5, 0.6) is 0 Å². The number of carboxylic acids is 2. The minimum absolute atomic E-state index is 0.0357. The van der Waals surface area contributed by atoms with E-state index < -0.39 is 30.1 Å². The first-order chi connectivity index (χ1) is 15.8. The van der Waals surface area contributed by atoms with E-state index in [-0.39, 0.29) is 31.3 Å². The second-order valence-corrected chi connectivity index (χ2v) is 10.0. The molecule has 0 spiro atoms. The molecule has 0 radical (unpaired) electrons. The largest absolute Gasteiger partial charge is 0.550 e. The van der Waals surface area contributed by atoms with Crippen LogP contribution in [0, 0.1) is 0 Å². The van der Waals surface area contributed by atoms with Crippen LogP contribution in [0.3, 0.4) is 0 Å². The van der Waals surface area contributed by atoms with Gasteiger partial charge in [0.25, 0.3) is 0 Å². The molecule has 0 rings (SSSR count).